The minimum Gasteiger partial charge on any atom is -0.486 e. The molecule has 0 saturated carbocycles. The number of carbonyl (C=O) groups is 3. The number of anilines is 1. The summed E-state index contributed by atoms with van der Waals surface area (Å²) >= 11 is 5.98. The molecule has 1 fully saturated rings. The molecule has 31 heavy (non-hydrogen) atoms. The summed E-state index contributed by atoms with van der Waals surface area (Å²) in [5.74, 6) is -0.255. The van der Waals surface area contributed by atoms with E-state index >= 15 is 0 Å². The van der Waals surface area contributed by atoms with Crippen molar-refractivity contribution in [2.45, 2.75) is 37.7 Å². The molecule has 2 heterocycles. The summed E-state index contributed by atoms with van der Waals surface area (Å²) in [6.07, 6.45) is 1.49. The van der Waals surface area contributed by atoms with E-state index in [-0.39, 0.29) is 42.7 Å². The summed E-state index contributed by atoms with van der Waals surface area (Å²) in [6.45, 7) is 0.934. The van der Waals surface area contributed by atoms with Crippen LogP contribution >= 0.6 is 11.6 Å². The van der Waals surface area contributed by atoms with Gasteiger partial charge in [-0.1, -0.05) is 11.6 Å². The highest BCUT2D eigenvalue weighted by molar-refractivity contribution is 6.31. The van der Waals surface area contributed by atoms with Gasteiger partial charge in [0.2, 0.25) is 11.8 Å². The van der Waals surface area contributed by atoms with E-state index in [1.54, 1.807) is 23.1 Å². The number of carbonyl (C=O) groups excluding carboxylic acids is 3. The second kappa shape index (κ2) is 8.67. The highest BCUT2D eigenvalue weighted by Crippen LogP contribution is 2.40. The highest BCUT2D eigenvalue weighted by atomic mass is 35.5. The number of amides is 2. The van der Waals surface area contributed by atoms with E-state index in [0.29, 0.717) is 48.0 Å². The number of hydrogen-bond donors (Lipinski definition) is 1. The lowest BCUT2D eigenvalue weighted by Gasteiger charge is -2.44. The van der Waals surface area contributed by atoms with Crippen molar-refractivity contribution in [3.8, 4) is 5.75 Å². The molecule has 2 aromatic carbocycles. The Morgan fingerprint density at radius 1 is 1.10 bits per heavy atom. The number of halogens is 2. The van der Waals surface area contributed by atoms with Gasteiger partial charge in [0.1, 0.15) is 17.2 Å². The number of ether oxygens (including phenoxy) is 1. The molecule has 2 amide bonds. The molecule has 1 saturated heterocycles. The number of benzene rings is 2. The Balaban J connectivity index is 1.28. The molecule has 6 nitrogen and oxygen atoms in total. The van der Waals surface area contributed by atoms with Crippen LogP contribution in [0.4, 0.5) is 10.1 Å². The van der Waals surface area contributed by atoms with E-state index in [0.717, 1.165) is 0 Å². The van der Waals surface area contributed by atoms with Crippen LogP contribution in [-0.4, -0.2) is 41.2 Å². The second-order valence-electron chi connectivity index (χ2n) is 7.96. The molecule has 0 aromatic heterocycles. The number of piperidine rings is 1. The molecule has 0 bridgehead atoms. The Kier molecular flexibility index (Phi) is 5.96. The quantitative estimate of drug-likeness (QED) is 0.765. The minimum absolute atomic E-state index is 0.000917. The van der Waals surface area contributed by atoms with Gasteiger partial charge >= 0.3 is 0 Å². The third kappa shape index (κ3) is 4.88. The zero-order valence-corrected chi connectivity index (χ0v) is 17.6. The van der Waals surface area contributed by atoms with Crippen LogP contribution in [0, 0.1) is 5.82 Å². The maximum Gasteiger partial charge on any atom is 0.224 e. The van der Waals surface area contributed by atoms with Gasteiger partial charge in [-0.25, -0.2) is 4.39 Å². The molecule has 1 spiro atoms. The van der Waals surface area contributed by atoms with Gasteiger partial charge in [-0.3, -0.25) is 14.4 Å². The first-order valence-corrected chi connectivity index (χ1v) is 10.6. The van der Waals surface area contributed by atoms with Crippen molar-refractivity contribution in [3.05, 3.63) is 58.9 Å². The fourth-order valence-electron chi connectivity index (χ4n) is 4.04. The van der Waals surface area contributed by atoms with Crippen LogP contribution in [0.15, 0.2) is 42.5 Å². The fourth-order valence-corrected chi connectivity index (χ4v) is 4.22. The number of ketones is 1. The Morgan fingerprint density at radius 2 is 1.81 bits per heavy atom. The molecule has 0 aliphatic carbocycles. The summed E-state index contributed by atoms with van der Waals surface area (Å²) in [7, 11) is 0. The zero-order valence-electron chi connectivity index (χ0n) is 16.8. The van der Waals surface area contributed by atoms with Crippen molar-refractivity contribution in [1.82, 2.24) is 4.90 Å². The van der Waals surface area contributed by atoms with Gasteiger partial charge < -0.3 is 15.0 Å². The Hall–Kier alpha value is -2.93. The highest BCUT2D eigenvalue weighted by Gasteiger charge is 2.43. The van der Waals surface area contributed by atoms with Gasteiger partial charge in [0, 0.05) is 49.5 Å². The van der Waals surface area contributed by atoms with Gasteiger partial charge in [-0.05, 0) is 42.5 Å². The fraction of sp³-hybridized carbons (Fsp3) is 0.348. The first kappa shape index (κ1) is 21.3. The van der Waals surface area contributed by atoms with Crippen molar-refractivity contribution >= 4 is 34.9 Å². The van der Waals surface area contributed by atoms with E-state index < -0.39 is 5.60 Å². The van der Waals surface area contributed by atoms with Crippen molar-refractivity contribution < 1.29 is 23.5 Å². The van der Waals surface area contributed by atoms with Crippen LogP contribution in [0.1, 0.15) is 42.5 Å². The predicted molar refractivity (Wildman–Crippen MR) is 114 cm³/mol. The third-order valence-electron chi connectivity index (χ3n) is 5.77. The van der Waals surface area contributed by atoms with E-state index in [4.69, 9.17) is 16.3 Å². The number of nitrogens with zero attached hydrogens (tertiary/aromatic N) is 1. The SMILES string of the molecule is O=C(CCC(=O)N1CCC2(CC1)CC(=O)c1cc(Cl)ccc1O2)Nc1ccc(F)cc1. The molecule has 4 rings (SSSR count). The average Bonchev–Trinajstić information content (AvgIpc) is 2.75. The molecule has 2 aliphatic heterocycles. The molecular formula is C23H22ClFN2O4. The molecule has 162 valence electrons. The van der Waals surface area contributed by atoms with Crippen LogP contribution in [0.2, 0.25) is 5.02 Å². The number of fused-ring (bicyclic) bond motifs is 1. The van der Waals surface area contributed by atoms with Crippen LogP contribution in [0.25, 0.3) is 0 Å². The monoisotopic (exact) mass is 444 g/mol. The Labute approximate surface area is 184 Å². The van der Waals surface area contributed by atoms with Gasteiger partial charge in [0.25, 0.3) is 0 Å². The summed E-state index contributed by atoms with van der Waals surface area (Å²) in [4.78, 5) is 38.9. The molecule has 1 N–H and O–H groups in total. The number of hydrogen-bond acceptors (Lipinski definition) is 4. The zero-order chi connectivity index (χ0) is 22.0. The van der Waals surface area contributed by atoms with E-state index in [1.165, 1.54) is 24.3 Å². The summed E-state index contributed by atoms with van der Waals surface area (Å²) in [5.41, 5.74) is 0.387. The maximum atomic E-state index is 12.9. The second-order valence-corrected chi connectivity index (χ2v) is 8.40. The lowest BCUT2D eigenvalue weighted by Crippen LogP contribution is -2.52. The van der Waals surface area contributed by atoms with Crippen LogP contribution in [0.3, 0.4) is 0 Å². The van der Waals surface area contributed by atoms with Gasteiger partial charge in [0.05, 0.1) is 12.0 Å². The molecular weight excluding hydrogens is 423 g/mol. The number of nitrogens with one attached hydrogen (secondary N) is 1. The first-order chi connectivity index (χ1) is 14.8. The summed E-state index contributed by atoms with van der Waals surface area (Å²) in [6, 6.07) is 10.5. The Bertz CT molecular complexity index is 1020. The van der Waals surface area contributed by atoms with Crippen molar-refractivity contribution in [2.24, 2.45) is 0 Å². The molecule has 0 radical (unpaired) electrons. The van der Waals surface area contributed by atoms with Crippen molar-refractivity contribution in [2.75, 3.05) is 18.4 Å². The van der Waals surface area contributed by atoms with Gasteiger partial charge in [-0.2, -0.15) is 0 Å². The third-order valence-corrected chi connectivity index (χ3v) is 6.01. The summed E-state index contributed by atoms with van der Waals surface area (Å²) in [5, 5.41) is 3.14. The number of Topliss-reactive ketones (excluding diaryl/α,β-unsaturated/α-hetero) is 1. The summed E-state index contributed by atoms with van der Waals surface area (Å²) < 4.78 is 19.1. The molecule has 0 atom stereocenters. The van der Waals surface area contributed by atoms with Crippen molar-refractivity contribution in [1.29, 1.82) is 0 Å². The normalized spacial score (nSPS) is 17.1. The topological polar surface area (TPSA) is 75.7 Å². The lowest BCUT2D eigenvalue weighted by atomic mass is 9.82. The van der Waals surface area contributed by atoms with Crippen molar-refractivity contribution in [3.63, 3.8) is 0 Å². The van der Waals surface area contributed by atoms with Crippen LogP contribution in [0.5, 0.6) is 5.75 Å². The smallest absolute Gasteiger partial charge is 0.224 e. The molecule has 2 aliphatic rings. The van der Waals surface area contributed by atoms with Crippen LogP contribution in [-0.2, 0) is 9.59 Å². The largest absolute Gasteiger partial charge is 0.486 e. The first-order valence-electron chi connectivity index (χ1n) is 10.2. The van der Waals surface area contributed by atoms with Crippen LogP contribution < -0.4 is 10.1 Å². The van der Waals surface area contributed by atoms with E-state index in [2.05, 4.69) is 5.32 Å². The average molecular weight is 445 g/mol. The lowest BCUT2D eigenvalue weighted by molar-refractivity contribution is -0.136. The van der Waals surface area contributed by atoms with E-state index in [1.807, 2.05) is 0 Å². The Morgan fingerprint density at radius 3 is 2.52 bits per heavy atom. The van der Waals surface area contributed by atoms with E-state index in [9.17, 15) is 18.8 Å². The molecule has 8 heteroatoms. The van der Waals surface area contributed by atoms with Gasteiger partial charge in [-0.15, -0.1) is 0 Å². The standard InChI is InChI=1S/C23H22ClFN2O4/c24-15-1-6-20-18(13-15)19(28)14-23(31-20)9-11-27(12-10-23)22(30)8-7-21(29)26-17-4-2-16(25)3-5-17/h1-6,13H,7-12,14H2,(H,26,29). The molecule has 2 aromatic rings. The molecule has 0 unspecified atom stereocenters. The predicted octanol–water partition coefficient (Wildman–Crippen LogP) is 4.22. The maximum absolute atomic E-state index is 12.9. The van der Waals surface area contributed by atoms with Gasteiger partial charge in [0.15, 0.2) is 5.78 Å². The minimum atomic E-state index is -0.603. The number of likely N-dealkylation sites (tertiary alicyclic amines) is 1. The number of rotatable bonds is 4.